The highest BCUT2D eigenvalue weighted by atomic mass is 35.5. The average molecular weight is 452 g/mol. The van der Waals surface area contributed by atoms with Gasteiger partial charge in [0.1, 0.15) is 22.5 Å². The van der Waals surface area contributed by atoms with Crippen LogP contribution in [0, 0.1) is 11.8 Å². The first kappa shape index (κ1) is 19.0. The van der Waals surface area contributed by atoms with Crippen LogP contribution in [0.3, 0.4) is 0 Å². The van der Waals surface area contributed by atoms with Crippen molar-refractivity contribution in [2.45, 2.75) is 6.42 Å². The first-order valence-corrected chi connectivity index (χ1v) is 10.3. The maximum Gasteiger partial charge on any atom is 0.165 e. The van der Waals surface area contributed by atoms with Gasteiger partial charge in [-0.25, -0.2) is 15.0 Å². The Balaban J connectivity index is 1.75. The zero-order valence-corrected chi connectivity index (χ0v) is 18.0. The number of methoxy groups -OCH3 is 2. The van der Waals surface area contributed by atoms with Gasteiger partial charge < -0.3 is 14.4 Å². The van der Waals surface area contributed by atoms with Gasteiger partial charge in [-0.2, -0.15) is 0 Å². The van der Waals surface area contributed by atoms with E-state index in [1.54, 1.807) is 18.3 Å². The summed E-state index contributed by atoms with van der Waals surface area (Å²) in [6.07, 6.45) is 2.93. The van der Waals surface area contributed by atoms with Crippen molar-refractivity contribution in [2.75, 3.05) is 32.2 Å². The molecule has 1 saturated carbocycles. The van der Waals surface area contributed by atoms with Crippen LogP contribution in [0.5, 0.6) is 11.5 Å². The van der Waals surface area contributed by atoms with Crippen LogP contribution in [-0.2, 0) is 0 Å². The molecule has 0 spiro atoms. The van der Waals surface area contributed by atoms with Crippen LogP contribution in [0.2, 0.25) is 15.2 Å². The maximum absolute atomic E-state index is 6.60. The summed E-state index contributed by atoms with van der Waals surface area (Å²) in [5.74, 6) is 3.56. The lowest BCUT2D eigenvalue weighted by Gasteiger charge is -2.22. The van der Waals surface area contributed by atoms with Gasteiger partial charge in [-0.05, 0) is 24.3 Å². The Morgan fingerprint density at radius 2 is 1.62 bits per heavy atom. The standard InChI is InChI=1S/C20H17Cl3N4O2/c1-28-13-5-14(29-2)18(23)16(17(13)22)19-25-12-6-24-15(21)4-11(12)20(26-19)27-7-9-3-10(9)8-27/h4-6,9-10H,3,7-8H2,1-2H3. The number of aromatic nitrogens is 3. The predicted octanol–water partition coefficient (Wildman–Crippen LogP) is 5.13. The number of pyridine rings is 1. The van der Waals surface area contributed by atoms with Crippen LogP contribution < -0.4 is 14.4 Å². The number of hydrogen-bond acceptors (Lipinski definition) is 6. The van der Waals surface area contributed by atoms with Crippen LogP contribution in [0.25, 0.3) is 22.3 Å². The molecule has 2 atom stereocenters. The molecule has 9 heteroatoms. The zero-order valence-electron chi connectivity index (χ0n) is 15.7. The highest BCUT2D eigenvalue weighted by Gasteiger charge is 2.46. The smallest absolute Gasteiger partial charge is 0.165 e. The molecule has 0 amide bonds. The topological polar surface area (TPSA) is 60.4 Å². The number of halogens is 3. The molecule has 0 bridgehead atoms. The van der Waals surface area contributed by atoms with E-state index < -0.39 is 0 Å². The molecular formula is C20H17Cl3N4O2. The fraction of sp³-hybridized carbons (Fsp3) is 0.350. The number of piperidine rings is 1. The normalized spacial score (nSPS) is 20.1. The summed E-state index contributed by atoms with van der Waals surface area (Å²) >= 11 is 19.4. The molecule has 1 aliphatic carbocycles. The fourth-order valence-corrected chi connectivity index (χ4v) is 4.82. The Morgan fingerprint density at radius 3 is 2.24 bits per heavy atom. The zero-order chi connectivity index (χ0) is 20.3. The molecule has 1 aliphatic heterocycles. The van der Waals surface area contributed by atoms with E-state index in [1.165, 1.54) is 20.6 Å². The molecule has 0 radical (unpaired) electrons. The Hall–Kier alpha value is -2.02. The molecule has 1 saturated heterocycles. The molecule has 0 N–H and O–H groups in total. The number of ether oxygens (including phenoxy) is 2. The van der Waals surface area contributed by atoms with Crippen LogP contribution in [0.1, 0.15) is 6.42 Å². The summed E-state index contributed by atoms with van der Waals surface area (Å²) in [6, 6.07) is 3.45. The highest BCUT2D eigenvalue weighted by Crippen LogP contribution is 2.48. The van der Waals surface area contributed by atoms with E-state index in [2.05, 4.69) is 14.9 Å². The highest BCUT2D eigenvalue weighted by molar-refractivity contribution is 6.41. The SMILES string of the molecule is COc1cc(OC)c(Cl)c(-c2nc(N3CC4CC4C3)c3cc(Cl)ncc3n2)c1Cl. The largest absolute Gasteiger partial charge is 0.495 e. The van der Waals surface area contributed by atoms with Gasteiger partial charge >= 0.3 is 0 Å². The van der Waals surface area contributed by atoms with Gasteiger partial charge in [-0.15, -0.1) is 0 Å². The summed E-state index contributed by atoms with van der Waals surface area (Å²) in [6.45, 7) is 1.94. The third kappa shape index (κ3) is 3.14. The number of benzene rings is 1. The van der Waals surface area contributed by atoms with Crippen molar-refractivity contribution in [2.24, 2.45) is 11.8 Å². The van der Waals surface area contributed by atoms with E-state index in [-0.39, 0.29) is 0 Å². The summed E-state index contributed by atoms with van der Waals surface area (Å²) in [5.41, 5.74) is 1.14. The monoisotopic (exact) mass is 450 g/mol. The summed E-state index contributed by atoms with van der Waals surface area (Å²) in [4.78, 5) is 16.0. The van der Waals surface area contributed by atoms with Crippen LogP contribution in [0.4, 0.5) is 5.82 Å². The molecule has 2 fully saturated rings. The minimum atomic E-state index is 0.329. The quantitative estimate of drug-likeness (QED) is 0.513. The average Bonchev–Trinajstić information content (AvgIpc) is 3.33. The maximum atomic E-state index is 6.60. The molecule has 6 nitrogen and oxygen atoms in total. The molecular weight excluding hydrogens is 435 g/mol. The van der Waals surface area contributed by atoms with Crippen LogP contribution >= 0.6 is 34.8 Å². The molecule has 2 aromatic heterocycles. The van der Waals surface area contributed by atoms with Gasteiger partial charge in [0.15, 0.2) is 5.82 Å². The Kier molecular flexibility index (Phi) is 4.61. The Morgan fingerprint density at radius 1 is 0.966 bits per heavy atom. The van der Waals surface area contributed by atoms with Crippen molar-refractivity contribution in [1.29, 1.82) is 0 Å². The van der Waals surface area contributed by atoms with Crippen molar-refractivity contribution in [3.8, 4) is 22.9 Å². The lowest BCUT2D eigenvalue weighted by atomic mass is 10.1. The van der Waals surface area contributed by atoms with Crippen molar-refractivity contribution < 1.29 is 9.47 Å². The Bertz CT molecular complexity index is 1100. The van der Waals surface area contributed by atoms with E-state index in [4.69, 9.17) is 49.3 Å². The second-order valence-corrected chi connectivity index (χ2v) is 8.48. The number of fused-ring (bicyclic) bond motifs is 2. The molecule has 5 rings (SSSR count). The molecule has 3 heterocycles. The lowest BCUT2D eigenvalue weighted by molar-refractivity contribution is 0.395. The molecule has 29 heavy (non-hydrogen) atoms. The summed E-state index contributed by atoms with van der Waals surface area (Å²) in [5, 5.41) is 1.92. The van der Waals surface area contributed by atoms with Crippen LogP contribution in [-0.4, -0.2) is 42.3 Å². The number of anilines is 1. The molecule has 1 aromatic carbocycles. The van der Waals surface area contributed by atoms with Crippen molar-refractivity contribution >= 4 is 51.5 Å². The molecule has 2 aliphatic rings. The third-order valence-corrected chi connectivity index (χ3v) is 6.56. The number of rotatable bonds is 4. The van der Waals surface area contributed by atoms with Crippen molar-refractivity contribution in [1.82, 2.24) is 15.0 Å². The molecule has 3 aromatic rings. The first-order valence-electron chi connectivity index (χ1n) is 9.18. The van der Waals surface area contributed by atoms with E-state index in [1.807, 2.05) is 0 Å². The number of nitrogens with zero attached hydrogens (tertiary/aromatic N) is 4. The number of hydrogen-bond donors (Lipinski definition) is 0. The van der Waals surface area contributed by atoms with Gasteiger partial charge in [-0.3, -0.25) is 0 Å². The minimum Gasteiger partial charge on any atom is -0.495 e. The van der Waals surface area contributed by atoms with Crippen molar-refractivity contribution in [3.05, 3.63) is 33.5 Å². The second kappa shape index (κ2) is 7.04. The second-order valence-electron chi connectivity index (χ2n) is 7.34. The van der Waals surface area contributed by atoms with Gasteiger partial charge in [-0.1, -0.05) is 34.8 Å². The van der Waals surface area contributed by atoms with Gasteiger partial charge in [0, 0.05) is 24.5 Å². The summed E-state index contributed by atoms with van der Waals surface area (Å²) in [7, 11) is 3.07. The van der Waals surface area contributed by atoms with E-state index >= 15 is 0 Å². The lowest BCUT2D eigenvalue weighted by Crippen LogP contribution is -2.23. The molecule has 2 unspecified atom stereocenters. The van der Waals surface area contributed by atoms with Gasteiger partial charge in [0.2, 0.25) is 0 Å². The first-order chi connectivity index (χ1) is 14.0. The fourth-order valence-electron chi connectivity index (χ4n) is 4.00. The Labute approximate surface area is 182 Å². The van der Waals surface area contributed by atoms with E-state index in [9.17, 15) is 0 Å². The summed E-state index contributed by atoms with van der Waals surface area (Å²) < 4.78 is 10.8. The van der Waals surface area contributed by atoms with E-state index in [0.29, 0.717) is 43.6 Å². The van der Waals surface area contributed by atoms with Gasteiger partial charge in [0.05, 0.1) is 41.5 Å². The minimum absolute atomic E-state index is 0.329. The van der Waals surface area contributed by atoms with Crippen molar-refractivity contribution in [3.63, 3.8) is 0 Å². The van der Waals surface area contributed by atoms with Crippen LogP contribution in [0.15, 0.2) is 18.3 Å². The third-order valence-electron chi connectivity index (χ3n) is 5.60. The van der Waals surface area contributed by atoms with E-state index in [0.717, 1.165) is 36.1 Å². The predicted molar refractivity (Wildman–Crippen MR) is 115 cm³/mol. The molecule has 150 valence electrons. The van der Waals surface area contributed by atoms with Gasteiger partial charge in [0.25, 0.3) is 0 Å².